The van der Waals surface area contributed by atoms with Crippen LogP contribution in [0.1, 0.15) is 27.7 Å². The number of pyridine rings is 1. The quantitative estimate of drug-likeness (QED) is 0.632. The largest absolute Gasteiger partial charge is 0.271 e. The molecule has 4 heteroatoms. The second kappa shape index (κ2) is 4.74. The Morgan fingerprint density at radius 3 is 2.69 bits per heavy atom. The van der Waals surface area contributed by atoms with Gasteiger partial charge >= 0.3 is 0 Å². The van der Waals surface area contributed by atoms with Crippen molar-refractivity contribution in [3.63, 3.8) is 0 Å². The molecule has 0 aliphatic heterocycles. The maximum absolute atomic E-state index is 5.63. The minimum absolute atomic E-state index is 0.0478. The Hall–Kier alpha value is -1.23. The average molecular weight is 233 g/mol. The number of nitrogens with zero attached hydrogens (tertiary/aromatic N) is 1. The molecule has 2 rings (SSSR count). The van der Waals surface area contributed by atoms with Crippen LogP contribution in [0.4, 0.5) is 0 Å². The van der Waals surface area contributed by atoms with E-state index in [0.717, 1.165) is 11.3 Å². The first-order chi connectivity index (χ1) is 7.70. The normalized spacial score (nSPS) is 12.7. The van der Waals surface area contributed by atoms with Crippen LogP contribution in [0.15, 0.2) is 29.8 Å². The molecule has 0 amide bonds. The summed E-state index contributed by atoms with van der Waals surface area (Å²) in [6.07, 6.45) is 1.81. The third-order valence-electron chi connectivity index (χ3n) is 2.50. The molecule has 3 nitrogen and oxygen atoms in total. The number of nitrogens with one attached hydrogen (secondary N) is 1. The maximum atomic E-state index is 5.63. The summed E-state index contributed by atoms with van der Waals surface area (Å²) in [7, 11) is 0. The summed E-state index contributed by atoms with van der Waals surface area (Å²) in [5.41, 5.74) is 6.21. The first-order valence-electron chi connectivity index (χ1n) is 5.14. The molecule has 16 heavy (non-hydrogen) atoms. The second-order valence-corrected chi connectivity index (χ2v) is 4.94. The van der Waals surface area contributed by atoms with Crippen LogP contribution >= 0.6 is 11.3 Å². The van der Waals surface area contributed by atoms with E-state index in [-0.39, 0.29) is 6.04 Å². The zero-order valence-electron chi connectivity index (χ0n) is 9.40. The van der Waals surface area contributed by atoms with Gasteiger partial charge in [-0.2, -0.15) is 0 Å². The molecule has 0 fully saturated rings. The third-order valence-corrected chi connectivity index (χ3v) is 3.38. The van der Waals surface area contributed by atoms with Crippen molar-refractivity contribution in [1.29, 1.82) is 0 Å². The number of hydrogen-bond acceptors (Lipinski definition) is 4. The molecule has 0 aliphatic carbocycles. The summed E-state index contributed by atoms with van der Waals surface area (Å²) in [5.74, 6) is 5.63. The van der Waals surface area contributed by atoms with E-state index in [1.54, 1.807) is 11.3 Å². The smallest absolute Gasteiger partial charge is 0.0719 e. The predicted molar refractivity (Wildman–Crippen MR) is 67.2 cm³/mol. The van der Waals surface area contributed by atoms with Gasteiger partial charge in [-0.05, 0) is 48.6 Å². The highest BCUT2D eigenvalue weighted by Crippen LogP contribution is 2.25. The molecule has 1 unspecified atom stereocenters. The SMILES string of the molecule is Cc1cc(C(NN)c2csc(C)c2)ccn1. The Kier molecular flexibility index (Phi) is 3.33. The number of hydrogen-bond donors (Lipinski definition) is 2. The predicted octanol–water partition coefficient (Wildman–Crippen LogP) is 2.31. The zero-order chi connectivity index (χ0) is 11.5. The first-order valence-corrected chi connectivity index (χ1v) is 6.02. The maximum Gasteiger partial charge on any atom is 0.0719 e. The number of aromatic nitrogens is 1. The molecule has 0 bridgehead atoms. The molecule has 2 aromatic rings. The van der Waals surface area contributed by atoms with Gasteiger partial charge in [0, 0.05) is 16.8 Å². The highest BCUT2D eigenvalue weighted by molar-refractivity contribution is 7.10. The number of hydrazine groups is 1. The fraction of sp³-hybridized carbons (Fsp3) is 0.250. The lowest BCUT2D eigenvalue weighted by Crippen LogP contribution is -2.28. The van der Waals surface area contributed by atoms with Gasteiger partial charge in [0.25, 0.3) is 0 Å². The van der Waals surface area contributed by atoms with Crippen LogP contribution in [0, 0.1) is 13.8 Å². The van der Waals surface area contributed by atoms with Gasteiger partial charge in [-0.1, -0.05) is 0 Å². The Morgan fingerprint density at radius 2 is 2.12 bits per heavy atom. The molecule has 0 aliphatic rings. The first kappa shape index (κ1) is 11.3. The molecular weight excluding hydrogens is 218 g/mol. The zero-order valence-corrected chi connectivity index (χ0v) is 10.2. The lowest BCUT2D eigenvalue weighted by atomic mass is 10.0. The highest BCUT2D eigenvalue weighted by atomic mass is 32.1. The average Bonchev–Trinajstić information content (AvgIpc) is 2.66. The Labute approximate surface area is 99.3 Å². The Balaban J connectivity index is 2.36. The molecule has 2 heterocycles. The van der Waals surface area contributed by atoms with Crippen LogP contribution in [-0.2, 0) is 0 Å². The van der Waals surface area contributed by atoms with E-state index in [9.17, 15) is 0 Å². The van der Waals surface area contributed by atoms with E-state index in [1.807, 2.05) is 19.2 Å². The lowest BCUT2D eigenvalue weighted by molar-refractivity contribution is 0.637. The fourth-order valence-electron chi connectivity index (χ4n) is 1.75. The van der Waals surface area contributed by atoms with Crippen molar-refractivity contribution < 1.29 is 0 Å². The van der Waals surface area contributed by atoms with Crippen molar-refractivity contribution in [3.05, 3.63) is 51.5 Å². The summed E-state index contributed by atoms with van der Waals surface area (Å²) >= 11 is 1.74. The molecule has 0 saturated carbocycles. The third kappa shape index (κ3) is 2.29. The van der Waals surface area contributed by atoms with Gasteiger partial charge in [-0.15, -0.1) is 11.3 Å². The minimum Gasteiger partial charge on any atom is -0.271 e. The van der Waals surface area contributed by atoms with Crippen molar-refractivity contribution in [3.8, 4) is 0 Å². The fourth-order valence-corrected chi connectivity index (χ4v) is 2.48. The van der Waals surface area contributed by atoms with Crippen molar-refractivity contribution in [2.24, 2.45) is 5.84 Å². The number of rotatable bonds is 3. The van der Waals surface area contributed by atoms with Crippen LogP contribution in [0.3, 0.4) is 0 Å². The van der Waals surface area contributed by atoms with Gasteiger partial charge in [-0.3, -0.25) is 10.8 Å². The standard InChI is InChI=1S/C12H15N3S/c1-8-5-10(3-4-14-8)12(15-13)11-6-9(2)16-7-11/h3-7,12,15H,13H2,1-2H3. The van der Waals surface area contributed by atoms with Crippen LogP contribution in [0.25, 0.3) is 0 Å². The summed E-state index contributed by atoms with van der Waals surface area (Å²) in [6.45, 7) is 4.08. The van der Waals surface area contributed by atoms with E-state index in [4.69, 9.17) is 5.84 Å². The van der Waals surface area contributed by atoms with Gasteiger partial charge in [0.05, 0.1) is 6.04 Å². The summed E-state index contributed by atoms with van der Waals surface area (Å²) in [4.78, 5) is 5.48. The molecule has 84 valence electrons. The molecular formula is C12H15N3S. The van der Waals surface area contributed by atoms with E-state index >= 15 is 0 Å². The molecule has 0 aromatic carbocycles. The molecule has 0 spiro atoms. The van der Waals surface area contributed by atoms with Gasteiger partial charge in [0.15, 0.2) is 0 Å². The van der Waals surface area contributed by atoms with Crippen molar-refractivity contribution >= 4 is 11.3 Å². The molecule has 2 aromatic heterocycles. The van der Waals surface area contributed by atoms with Crippen LogP contribution < -0.4 is 11.3 Å². The van der Waals surface area contributed by atoms with Crippen LogP contribution in [0.2, 0.25) is 0 Å². The summed E-state index contributed by atoms with van der Waals surface area (Å²) in [6, 6.07) is 6.25. The van der Waals surface area contributed by atoms with Gasteiger partial charge in [0.2, 0.25) is 0 Å². The van der Waals surface area contributed by atoms with E-state index in [0.29, 0.717) is 0 Å². The minimum atomic E-state index is 0.0478. The molecule has 1 atom stereocenters. The molecule has 3 N–H and O–H groups in total. The monoisotopic (exact) mass is 233 g/mol. The van der Waals surface area contributed by atoms with Crippen molar-refractivity contribution in [2.75, 3.05) is 0 Å². The van der Waals surface area contributed by atoms with Gasteiger partial charge in [0.1, 0.15) is 0 Å². The lowest BCUT2D eigenvalue weighted by Gasteiger charge is -2.15. The van der Waals surface area contributed by atoms with E-state index in [2.05, 4.69) is 34.8 Å². The number of aryl methyl sites for hydroxylation is 2. The number of thiophene rings is 1. The van der Waals surface area contributed by atoms with Gasteiger partial charge < -0.3 is 0 Å². The van der Waals surface area contributed by atoms with Crippen molar-refractivity contribution in [1.82, 2.24) is 10.4 Å². The Morgan fingerprint density at radius 1 is 1.31 bits per heavy atom. The topological polar surface area (TPSA) is 50.9 Å². The Bertz CT molecular complexity index is 479. The highest BCUT2D eigenvalue weighted by Gasteiger charge is 2.13. The second-order valence-electron chi connectivity index (χ2n) is 3.82. The van der Waals surface area contributed by atoms with E-state index < -0.39 is 0 Å². The van der Waals surface area contributed by atoms with Gasteiger partial charge in [-0.25, -0.2) is 5.43 Å². The number of nitrogens with two attached hydrogens (primary N) is 1. The summed E-state index contributed by atoms with van der Waals surface area (Å²) < 4.78 is 0. The molecule has 0 saturated heterocycles. The van der Waals surface area contributed by atoms with Crippen LogP contribution in [-0.4, -0.2) is 4.98 Å². The molecule has 0 radical (unpaired) electrons. The van der Waals surface area contributed by atoms with Crippen molar-refractivity contribution in [2.45, 2.75) is 19.9 Å². The van der Waals surface area contributed by atoms with Crippen LogP contribution in [0.5, 0.6) is 0 Å². The summed E-state index contributed by atoms with van der Waals surface area (Å²) in [5, 5.41) is 2.13. The van der Waals surface area contributed by atoms with E-state index in [1.165, 1.54) is 10.4 Å².